The van der Waals surface area contributed by atoms with Crippen LogP contribution in [0.25, 0.3) is 0 Å². The molecule has 0 aromatic heterocycles. The normalized spacial score (nSPS) is 18.1. The van der Waals surface area contributed by atoms with Crippen molar-refractivity contribution in [2.75, 3.05) is 46.9 Å². The summed E-state index contributed by atoms with van der Waals surface area (Å²) < 4.78 is 32.5. The zero-order valence-electron chi connectivity index (χ0n) is 15.9. The highest BCUT2D eigenvalue weighted by Gasteiger charge is 2.34. The molecule has 1 aromatic rings. The fourth-order valence-electron chi connectivity index (χ4n) is 2.58. The molecule has 2 N–H and O–H groups in total. The number of ether oxygens (including phenoxy) is 1. The number of nitrogens with zero attached hydrogens (tertiary/aromatic N) is 2. The third kappa shape index (κ3) is 6.14. The SMILES string of the molecule is CN(C)CCNC(=O)C(=O)NC[C@H]1OCCCN1S(=O)(=O)c1ccc(Cl)cc1. The van der Waals surface area contributed by atoms with Crippen LogP contribution in [0.5, 0.6) is 0 Å². The summed E-state index contributed by atoms with van der Waals surface area (Å²) in [5.41, 5.74) is 0. The number of carbonyl (C=O) groups is 2. The number of benzene rings is 1. The summed E-state index contributed by atoms with van der Waals surface area (Å²) in [5, 5.41) is 5.36. The minimum absolute atomic E-state index is 0.0835. The van der Waals surface area contributed by atoms with E-state index in [2.05, 4.69) is 10.6 Å². The van der Waals surface area contributed by atoms with Crippen LogP contribution in [0, 0.1) is 0 Å². The molecule has 1 aliphatic rings. The number of amides is 2. The maximum Gasteiger partial charge on any atom is 0.309 e. The topological polar surface area (TPSA) is 108 Å². The maximum absolute atomic E-state index is 12.9. The highest BCUT2D eigenvalue weighted by molar-refractivity contribution is 7.89. The number of likely N-dealkylation sites (N-methyl/N-ethyl adjacent to an activating group) is 1. The van der Waals surface area contributed by atoms with Gasteiger partial charge in [-0.3, -0.25) is 9.59 Å². The minimum atomic E-state index is -3.83. The fraction of sp³-hybridized carbons (Fsp3) is 0.529. The monoisotopic (exact) mass is 432 g/mol. The van der Waals surface area contributed by atoms with E-state index in [-0.39, 0.29) is 18.0 Å². The summed E-state index contributed by atoms with van der Waals surface area (Å²) >= 11 is 5.82. The third-order valence-corrected chi connectivity index (χ3v) is 6.22. The Kier molecular flexibility index (Phi) is 8.20. The zero-order valence-corrected chi connectivity index (χ0v) is 17.4. The van der Waals surface area contributed by atoms with E-state index >= 15 is 0 Å². The lowest BCUT2D eigenvalue weighted by Crippen LogP contribution is -2.53. The van der Waals surface area contributed by atoms with E-state index in [1.165, 1.54) is 28.6 Å². The van der Waals surface area contributed by atoms with Crippen molar-refractivity contribution in [1.82, 2.24) is 19.8 Å². The third-order valence-electron chi connectivity index (χ3n) is 4.06. The Balaban J connectivity index is 1.98. The number of rotatable bonds is 7. The smallest absolute Gasteiger partial charge is 0.309 e. The van der Waals surface area contributed by atoms with Crippen LogP contribution in [0.15, 0.2) is 29.2 Å². The maximum atomic E-state index is 12.9. The Bertz CT molecular complexity index is 785. The summed E-state index contributed by atoms with van der Waals surface area (Å²) in [6.45, 7) is 1.41. The predicted octanol–water partition coefficient (Wildman–Crippen LogP) is -0.129. The van der Waals surface area contributed by atoms with E-state index in [4.69, 9.17) is 16.3 Å². The molecule has 28 heavy (non-hydrogen) atoms. The molecule has 1 fully saturated rings. The lowest BCUT2D eigenvalue weighted by molar-refractivity contribution is -0.140. The highest BCUT2D eigenvalue weighted by atomic mass is 35.5. The Hall–Kier alpha value is -1.72. The second-order valence-corrected chi connectivity index (χ2v) is 8.84. The lowest BCUT2D eigenvalue weighted by atomic mass is 10.3. The van der Waals surface area contributed by atoms with E-state index in [1.54, 1.807) is 0 Å². The van der Waals surface area contributed by atoms with Crippen LogP contribution in [-0.2, 0) is 24.3 Å². The van der Waals surface area contributed by atoms with Gasteiger partial charge in [0.2, 0.25) is 10.0 Å². The molecule has 2 amide bonds. The molecule has 0 unspecified atom stereocenters. The van der Waals surface area contributed by atoms with Gasteiger partial charge in [0.05, 0.1) is 18.0 Å². The summed E-state index contributed by atoms with van der Waals surface area (Å²) in [6, 6.07) is 5.82. The minimum Gasteiger partial charge on any atom is -0.360 e. The Labute approximate surface area is 170 Å². The van der Waals surface area contributed by atoms with Gasteiger partial charge in [-0.25, -0.2) is 8.42 Å². The van der Waals surface area contributed by atoms with Gasteiger partial charge >= 0.3 is 11.8 Å². The number of hydrogen-bond donors (Lipinski definition) is 2. The van der Waals surface area contributed by atoms with Gasteiger partial charge in [0, 0.05) is 24.7 Å². The average molecular weight is 433 g/mol. The second kappa shape index (κ2) is 10.2. The van der Waals surface area contributed by atoms with Gasteiger partial charge < -0.3 is 20.3 Å². The standard InChI is InChI=1S/C17H25ClN4O5S/c1-21(2)10-8-19-16(23)17(24)20-12-15-22(9-3-11-27-15)28(25,26)14-6-4-13(18)5-7-14/h4-7,15H,3,8-12H2,1-2H3,(H,19,23)(H,20,24)/t15-/m1/s1. The van der Waals surface area contributed by atoms with Gasteiger partial charge in [-0.05, 0) is 44.8 Å². The van der Waals surface area contributed by atoms with Crippen LogP contribution in [0.1, 0.15) is 6.42 Å². The van der Waals surface area contributed by atoms with Gasteiger partial charge in [-0.15, -0.1) is 0 Å². The molecule has 1 aliphatic heterocycles. The number of sulfonamides is 1. The molecule has 11 heteroatoms. The molecule has 0 radical (unpaired) electrons. The lowest BCUT2D eigenvalue weighted by Gasteiger charge is -2.34. The first kappa shape index (κ1) is 22.6. The number of hydrogen-bond acceptors (Lipinski definition) is 6. The summed E-state index contributed by atoms with van der Waals surface area (Å²) in [7, 11) is -0.128. The van der Waals surface area contributed by atoms with Crippen LogP contribution in [0.2, 0.25) is 5.02 Å². The summed E-state index contributed by atoms with van der Waals surface area (Å²) in [4.78, 5) is 25.7. The highest BCUT2D eigenvalue weighted by Crippen LogP contribution is 2.23. The van der Waals surface area contributed by atoms with Gasteiger partial charge in [-0.2, -0.15) is 4.31 Å². The van der Waals surface area contributed by atoms with Crippen LogP contribution in [-0.4, -0.2) is 82.5 Å². The molecule has 1 saturated heterocycles. The molecule has 1 heterocycles. The van der Waals surface area contributed by atoms with Crippen molar-refractivity contribution in [3.05, 3.63) is 29.3 Å². The molecule has 9 nitrogen and oxygen atoms in total. The predicted molar refractivity (Wildman–Crippen MR) is 104 cm³/mol. The van der Waals surface area contributed by atoms with Crippen molar-refractivity contribution in [1.29, 1.82) is 0 Å². The molecule has 0 bridgehead atoms. The van der Waals surface area contributed by atoms with Crippen LogP contribution >= 0.6 is 11.6 Å². The van der Waals surface area contributed by atoms with Crippen molar-refractivity contribution >= 4 is 33.4 Å². The van der Waals surface area contributed by atoms with Gasteiger partial charge in [0.1, 0.15) is 6.23 Å². The number of nitrogens with one attached hydrogen (secondary N) is 2. The van der Waals surface area contributed by atoms with Crippen molar-refractivity contribution in [3.8, 4) is 0 Å². The van der Waals surface area contributed by atoms with Crippen molar-refractivity contribution in [2.45, 2.75) is 17.5 Å². The van der Waals surface area contributed by atoms with E-state index < -0.39 is 28.1 Å². The molecule has 0 saturated carbocycles. The molecule has 2 rings (SSSR count). The first-order valence-electron chi connectivity index (χ1n) is 8.81. The van der Waals surface area contributed by atoms with E-state index in [1.807, 2.05) is 19.0 Å². The Morgan fingerprint density at radius 2 is 1.86 bits per heavy atom. The van der Waals surface area contributed by atoms with Crippen molar-refractivity contribution in [2.24, 2.45) is 0 Å². The van der Waals surface area contributed by atoms with Gasteiger partial charge in [0.15, 0.2) is 0 Å². The zero-order chi connectivity index (χ0) is 20.7. The van der Waals surface area contributed by atoms with Crippen molar-refractivity contribution < 1.29 is 22.7 Å². The summed E-state index contributed by atoms with van der Waals surface area (Å²) in [5.74, 6) is -1.61. The second-order valence-electron chi connectivity index (χ2n) is 6.52. The molecule has 1 atom stereocenters. The van der Waals surface area contributed by atoms with Crippen LogP contribution < -0.4 is 10.6 Å². The largest absolute Gasteiger partial charge is 0.360 e. The first-order chi connectivity index (χ1) is 13.2. The number of carbonyl (C=O) groups excluding carboxylic acids is 2. The molecule has 0 aliphatic carbocycles. The van der Waals surface area contributed by atoms with Crippen LogP contribution in [0.4, 0.5) is 0 Å². The molecular formula is C17H25ClN4O5S. The first-order valence-corrected chi connectivity index (χ1v) is 10.6. The summed E-state index contributed by atoms with van der Waals surface area (Å²) in [6.07, 6.45) is -0.365. The number of halogens is 1. The van der Waals surface area contributed by atoms with E-state index in [0.29, 0.717) is 31.1 Å². The molecule has 0 spiro atoms. The van der Waals surface area contributed by atoms with Crippen LogP contribution in [0.3, 0.4) is 0 Å². The molecular weight excluding hydrogens is 408 g/mol. The van der Waals surface area contributed by atoms with E-state index in [9.17, 15) is 18.0 Å². The Morgan fingerprint density at radius 1 is 1.21 bits per heavy atom. The molecule has 156 valence electrons. The fourth-order valence-corrected chi connectivity index (χ4v) is 4.27. The average Bonchev–Trinajstić information content (AvgIpc) is 2.66. The van der Waals surface area contributed by atoms with Gasteiger partial charge in [-0.1, -0.05) is 11.6 Å². The quantitative estimate of drug-likeness (QED) is 0.581. The van der Waals surface area contributed by atoms with E-state index in [0.717, 1.165) is 0 Å². The van der Waals surface area contributed by atoms with Crippen molar-refractivity contribution in [3.63, 3.8) is 0 Å². The Morgan fingerprint density at radius 3 is 2.50 bits per heavy atom. The van der Waals surface area contributed by atoms with Gasteiger partial charge in [0.25, 0.3) is 0 Å². The molecule has 1 aromatic carbocycles.